The topological polar surface area (TPSA) is 80.3 Å². The minimum Gasteiger partial charge on any atom is -0.447 e. The van der Waals surface area contributed by atoms with Crippen molar-refractivity contribution in [3.05, 3.63) is 0 Å². The molecule has 0 aromatic heterocycles. The number of alkyl carbamates (subject to hydrolysis) is 1. The van der Waals surface area contributed by atoms with Crippen molar-refractivity contribution in [1.82, 2.24) is 15.1 Å². The number of nitrogens with zero attached hydrogens (tertiary/aromatic N) is 2. The predicted octanol–water partition coefficient (Wildman–Crippen LogP) is 6.62. The summed E-state index contributed by atoms with van der Waals surface area (Å²) in [4.78, 5) is 27.4. The molecule has 0 heterocycles. The smallest absolute Gasteiger partial charge is 0.409 e. The van der Waals surface area contributed by atoms with Crippen LogP contribution in [0.1, 0.15) is 110 Å². The van der Waals surface area contributed by atoms with Gasteiger partial charge in [0.15, 0.2) is 0 Å². The lowest BCUT2D eigenvalue weighted by molar-refractivity contribution is -0.0101. The van der Waals surface area contributed by atoms with E-state index in [9.17, 15) is 9.59 Å². The molecule has 0 saturated heterocycles. The monoisotopic (exact) mass is 529 g/mol. The summed E-state index contributed by atoms with van der Waals surface area (Å²) >= 11 is 0. The highest BCUT2D eigenvalue weighted by molar-refractivity contribution is 5.67. The van der Waals surface area contributed by atoms with Crippen molar-refractivity contribution in [3.8, 4) is 0 Å². The molecule has 0 spiro atoms. The van der Waals surface area contributed by atoms with Gasteiger partial charge in [-0.3, -0.25) is 0 Å². The van der Waals surface area contributed by atoms with E-state index in [1.54, 1.807) is 7.05 Å². The summed E-state index contributed by atoms with van der Waals surface area (Å²) in [6, 6.07) is 0. The zero-order valence-corrected chi connectivity index (χ0v) is 24.9. The third-order valence-electron chi connectivity index (χ3n) is 6.62. The van der Waals surface area contributed by atoms with Gasteiger partial charge >= 0.3 is 12.2 Å². The second-order valence-corrected chi connectivity index (χ2v) is 10.5. The molecule has 0 fully saturated rings. The SMILES string of the molecule is CCCCCCCCCCCCCCCCCCNC(=O)OCC(COC(=O)N(C)CCN(C)C)OC. The van der Waals surface area contributed by atoms with Gasteiger partial charge < -0.3 is 29.3 Å². The molecule has 37 heavy (non-hydrogen) atoms. The van der Waals surface area contributed by atoms with E-state index >= 15 is 0 Å². The largest absolute Gasteiger partial charge is 0.447 e. The minimum atomic E-state index is -0.493. The average Bonchev–Trinajstić information content (AvgIpc) is 2.88. The van der Waals surface area contributed by atoms with Gasteiger partial charge in [0.1, 0.15) is 19.3 Å². The van der Waals surface area contributed by atoms with E-state index in [-0.39, 0.29) is 13.2 Å². The molecule has 220 valence electrons. The van der Waals surface area contributed by atoms with E-state index in [1.807, 2.05) is 19.0 Å². The molecule has 0 saturated carbocycles. The second kappa shape index (κ2) is 26.1. The number of rotatable bonds is 25. The van der Waals surface area contributed by atoms with Gasteiger partial charge in [0.25, 0.3) is 0 Å². The van der Waals surface area contributed by atoms with Crippen LogP contribution in [0.3, 0.4) is 0 Å². The number of methoxy groups -OCH3 is 1. The van der Waals surface area contributed by atoms with Gasteiger partial charge in [-0.15, -0.1) is 0 Å². The Balaban J connectivity index is 3.54. The number of ether oxygens (including phenoxy) is 3. The molecule has 2 amide bonds. The van der Waals surface area contributed by atoms with E-state index in [4.69, 9.17) is 14.2 Å². The molecule has 1 unspecified atom stereocenters. The maximum absolute atomic E-state index is 12.0. The lowest BCUT2D eigenvalue weighted by Gasteiger charge is -2.21. The summed E-state index contributed by atoms with van der Waals surface area (Å²) in [5.41, 5.74) is 0. The molecule has 0 rings (SSSR count). The first-order valence-corrected chi connectivity index (χ1v) is 14.9. The Kier molecular flexibility index (Phi) is 25.0. The van der Waals surface area contributed by atoms with E-state index in [0.29, 0.717) is 13.1 Å². The normalized spacial score (nSPS) is 11.9. The van der Waals surface area contributed by atoms with Crippen molar-refractivity contribution < 1.29 is 23.8 Å². The second-order valence-electron chi connectivity index (χ2n) is 10.5. The number of carbonyl (C=O) groups is 2. The molecule has 1 N–H and O–H groups in total. The van der Waals surface area contributed by atoms with Crippen LogP contribution in [0.15, 0.2) is 0 Å². The molecular formula is C29H59N3O5. The summed E-state index contributed by atoms with van der Waals surface area (Å²) in [6.45, 7) is 4.28. The quantitative estimate of drug-likeness (QED) is 0.134. The Morgan fingerprint density at radius 1 is 0.676 bits per heavy atom. The molecule has 0 aromatic carbocycles. The number of hydrogen-bond donors (Lipinski definition) is 1. The summed E-state index contributed by atoms with van der Waals surface area (Å²) < 4.78 is 15.7. The number of likely N-dealkylation sites (N-methyl/N-ethyl adjacent to an activating group) is 2. The summed E-state index contributed by atoms with van der Waals surface area (Å²) in [7, 11) is 7.09. The van der Waals surface area contributed by atoms with Gasteiger partial charge in [0.2, 0.25) is 0 Å². The van der Waals surface area contributed by atoms with Crippen LogP contribution < -0.4 is 5.32 Å². The fourth-order valence-corrected chi connectivity index (χ4v) is 3.98. The maximum atomic E-state index is 12.0. The zero-order valence-electron chi connectivity index (χ0n) is 24.9. The van der Waals surface area contributed by atoms with Crippen LogP contribution in [0.4, 0.5) is 9.59 Å². The maximum Gasteiger partial charge on any atom is 0.409 e. The number of hydrogen-bond acceptors (Lipinski definition) is 6. The highest BCUT2D eigenvalue weighted by Crippen LogP contribution is 2.13. The molecular weight excluding hydrogens is 470 g/mol. The summed E-state index contributed by atoms with van der Waals surface area (Å²) in [5, 5.41) is 2.78. The highest BCUT2D eigenvalue weighted by Gasteiger charge is 2.16. The lowest BCUT2D eigenvalue weighted by Crippen LogP contribution is -2.37. The zero-order chi connectivity index (χ0) is 27.6. The minimum absolute atomic E-state index is 0.0358. The van der Waals surface area contributed by atoms with Crippen molar-refractivity contribution in [2.24, 2.45) is 0 Å². The van der Waals surface area contributed by atoms with Crippen molar-refractivity contribution in [2.75, 3.05) is 61.1 Å². The van der Waals surface area contributed by atoms with Crippen LogP contribution in [0.5, 0.6) is 0 Å². The Morgan fingerprint density at radius 2 is 1.14 bits per heavy atom. The van der Waals surface area contributed by atoms with Gasteiger partial charge in [-0.05, 0) is 20.5 Å². The summed E-state index contributed by atoms with van der Waals surface area (Å²) in [5.74, 6) is 0. The Hall–Kier alpha value is -1.54. The van der Waals surface area contributed by atoms with Crippen molar-refractivity contribution in [3.63, 3.8) is 0 Å². The molecule has 8 heteroatoms. The predicted molar refractivity (Wildman–Crippen MR) is 152 cm³/mol. The first kappa shape index (κ1) is 35.5. The molecule has 0 aromatic rings. The van der Waals surface area contributed by atoms with Crippen LogP contribution in [0, 0.1) is 0 Å². The summed E-state index contributed by atoms with van der Waals surface area (Å²) in [6.07, 6.45) is 19.9. The van der Waals surface area contributed by atoms with E-state index in [0.717, 1.165) is 19.4 Å². The fraction of sp³-hybridized carbons (Fsp3) is 0.931. The van der Waals surface area contributed by atoms with Gasteiger partial charge in [0.05, 0.1) is 0 Å². The molecule has 0 aliphatic carbocycles. The molecule has 0 aliphatic rings. The van der Waals surface area contributed by atoms with E-state index in [1.165, 1.54) is 102 Å². The van der Waals surface area contributed by atoms with Gasteiger partial charge in [0, 0.05) is 33.8 Å². The van der Waals surface area contributed by atoms with E-state index in [2.05, 4.69) is 12.2 Å². The first-order valence-electron chi connectivity index (χ1n) is 14.9. The highest BCUT2D eigenvalue weighted by atomic mass is 16.6. The van der Waals surface area contributed by atoms with Gasteiger partial charge in [-0.2, -0.15) is 0 Å². The molecule has 1 atom stereocenters. The molecule has 0 radical (unpaired) electrons. The third kappa shape index (κ3) is 24.5. The Bertz CT molecular complexity index is 534. The number of amides is 2. The number of carbonyl (C=O) groups excluding carboxylic acids is 2. The number of unbranched alkanes of at least 4 members (excludes halogenated alkanes) is 15. The van der Waals surface area contributed by atoms with E-state index < -0.39 is 18.3 Å². The van der Waals surface area contributed by atoms with Crippen LogP contribution in [-0.2, 0) is 14.2 Å². The van der Waals surface area contributed by atoms with Crippen molar-refractivity contribution in [2.45, 2.75) is 116 Å². The fourth-order valence-electron chi connectivity index (χ4n) is 3.98. The lowest BCUT2D eigenvalue weighted by atomic mass is 10.0. The molecule has 0 aliphatic heterocycles. The van der Waals surface area contributed by atoms with Gasteiger partial charge in [-0.25, -0.2) is 9.59 Å². The van der Waals surface area contributed by atoms with Crippen LogP contribution in [-0.4, -0.2) is 89.2 Å². The van der Waals surface area contributed by atoms with Crippen LogP contribution in [0.25, 0.3) is 0 Å². The average molecular weight is 530 g/mol. The first-order chi connectivity index (χ1) is 17.9. The molecule has 8 nitrogen and oxygen atoms in total. The van der Waals surface area contributed by atoms with Gasteiger partial charge in [-0.1, -0.05) is 103 Å². The Labute approximate surface area is 228 Å². The van der Waals surface area contributed by atoms with Crippen molar-refractivity contribution >= 4 is 12.2 Å². The third-order valence-corrected chi connectivity index (χ3v) is 6.62. The Morgan fingerprint density at radius 3 is 1.59 bits per heavy atom. The molecule has 0 bridgehead atoms. The van der Waals surface area contributed by atoms with Crippen LogP contribution in [0.2, 0.25) is 0 Å². The number of nitrogens with one attached hydrogen (secondary N) is 1. The standard InChI is InChI=1S/C29H59N3O5/c1-6-7-8-9-10-11-12-13-14-15-16-17-18-19-20-21-22-30-28(33)36-25-27(35-5)26-37-29(34)32(4)24-23-31(2)3/h27H,6-26H2,1-5H3,(H,30,33). The van der Waals surface area contributed by atoms with Crippen LogP contribution >= 0.6 is 0 Å². The van der Waals surface area contributed by atoms with Crippen molar-refractivity contribution in [1.29, 1.82) is 0 Å².